The number of rotatable bonds is 4. The van der Waals surface area contributed by atoms with Crippen LogP contribution in [0.3, 0.4) is 0 Å². The maximum atomic E-state index is 12.9. The minimum absolute atomic E-state index is 0.0686. The van der Waals surface area contributed by atoms with Gasteiger partial charge in [-0.1, -0.05) is 19.8 Å². The third-order valence-electron chi connectivity index (χ3n) is 5.73. The van der Waals surface area contributed by atoms with Gasteiger partial charge >= 0.3 is 6.03 Å². The van der Waals surface area contributed by atoms with E-state index in [4.69, 9.17) is 9.47 Å². The van der Waals surface area contributed by atoms with E-state index in [-0.39, 0.29) is 12.1 Å². The van der Waals surface area contributed by atoms with E-state index in [1.54, 1.807) is 14.2 Å². The number of benzene rings is 1. The summed E-state index contributed by atoms with van der Waals surface area (Å²) in [5.74, 6) is 2.12. The average molecular weight is 346 g/mol. The molecule has 5 heteroatoms. The van der Waals surface area contributed by atoms with Crippen LogP contribution in [0.4, 0.5) is 4.79 Å². The summed E-state index contributed by atoms with van der Waals surface area (Å²) >= 11 is 0. The number of likely N-dealkylation sites (tertiary alicyclic amines) is 1. The molecular weight excluding hydrogens is 316 g/mol. The fourth-order valence-corrected chi connectivity index (χ4v) is 4.20. The minimum atomic E-state index is 0.0686. The molecule has 2 amide bonds. The topological polar surface area (TPSA) is 50.8 Å². The van der Waals surface area contributed by atoms with Crippen LogP contribution in [0.15, 0.2) is 18.2 Å². The number of nitrogens with one attached hydrogen (secondary N) is 1. The molecule has 0 aromatic heterocycles. The molecule has 1 aromatic carbocycles. The van der Waals surface area contributed by atoms with Gasteiger partial charge in [0.2, 0.25) is 0 Å². The zero-order valence-electron chi connectivity index (χ0n) is 15.6. The van der Waals surface area contributed by atoms with Crippen molar-refractivity contribution in [1.29, 1.82) is 0 Å². The SMILES string of the molecule is COc1ccc([C@@H]2CCCN2C(=O)N[C@H]2CCCC[C@H]2C)c(OC)c1. The molecule has 0 radical (unpaired) electrons. The molecule has 1 saturated heterocycles. The molecule has 2 fully saturated rings. The first kappa shape index (κ1) is 17.9. The van der Waals surface area contributed by atoms with Crippen molar-refractivity contribution >= 4 is 6.03 Å². The molecule has 25 heavy (non-hydrogen) atoms. The third kappa shape index (κ3) is 3.86. The maximum absolute atomic E-state index is 12.9. The molecule has 1 saturated carbocycles. The largest absolute Gasteiger partial charge is 0.497 e. The van der Waals surface area contributed by atoms with Gasteiger partial charge in [-0.15, -0.1) is 0 Å². The smallest absolute Gasteiger partial charge is 0.318 e. The van der Waals surface area contributed by atoms with Gasteiger partial charge in [0.15, 0.2) is 0 Å². The van der Waals surface area contributed by atoms with Crippen LogP contribution in [0.25, 0.3) is 0 Å². The van der Waals surface area contributed by atoms with E-state index in [0.29, 0.717) is 12.0 Å². The first-order valence-corrected chi connectivity index (χ1v) is 9.43. The second kappa shape index (κ2) is 7.98. The number of carbonyl (C=O) groups is 1. The predicted octanol–water partition coefficient (Wildman–Crippen LogP) is 4.13. The molecule has 1 aliphatic carbocycles. The van der Waals surface area contributed by atoms with Gasteiger partial charge in [0.1, 0.15) is 11.5 Å². The normalized spacial score (nSPS) is 26.4. The number of hydrogen-bond acceptors (Lipinski definition) is 3. The lowest BCUT2D eigenvalue weighted by Crippen LogP contribution is -2.47. The maximum Gasteiger partial charge on any atom is 0.318 e. The highest BCUT2D eigenvalue weighted by atomic mass is 16.5. The van der Waals surface area contributed by atoms with Gasteiger partial charge in [0.05, 0.1) is 20.3 Å². The number of amides is 2. The Labute approximate surface area is 150 Å². The van der Waals surface area contributed by atoms with Gasteiger partial charge in [-0.2, -0.15) is 0 Å². The van der Waals surface area contributed by atoms with Crippen molar-refractivity contribution in [2.75, 3.05) is 20.8 Å². The van der Waals surface area contributed by atoms with Gasteiger partial charge in [-0.05, 0) is 43.7 Å². The van der Waals surface area contributed by atoms with Gasteiger partial charge < -0.3 is 19.7 Å². The van der Waals surface area contributed by atoms with E-state index in [1.807, 2.05) is 23.1 Å². The summed E-state index contributed by atoms with van der Waals surface area (Å²) < 4.78 is 10.8. The minimum Gasteiger partial charge on any atom is -0.497 e. The van der Waals surface area contributed by atoms with Crippen LogP contribution in [-0.2, 0) is 0 Å². The summed E-state index contributed by atoms with van der Waals surface area (Å²) in [6, 6.07) is 6.30. The standard InChI is InChI=1S/C20H30N2O3/c1-14-7-4-5-8-17(14)21-20(23)22-12-6-9-18(22)16-11-10-15(24-2)13-19(16)25-3/h10-11,13-14,17-18H,4-9,12H2,1-3H3,(H,21,23)/t14-,17+,18+/m1/s1. The van der Waals surface area contributed by atoms with Crippen LogP contribution in [-0.4, -0.2) is 37.7 Å². The quantitative estimate of drug-likeness (QED) is 0.892. The molecular formula is C20H30N2O3. The zero-order chi connectivity index (χ0) is 17.8. The number of nitrogens with zero attached hydrogens (tertiary/aromatic N) is 1. The molecule has 0 bridgehead atoms. The van der Waals surface area contributed by atoms with Crippen molar-refractivity contribution in [3.8, 4) is 11.5 Å². The monoisotopic (exact) mass is 346 g/mol. The van der Waals surface area contributed by atoms with E-state index < -0.39 is 0 Å². The Morgan fingerprint density at radius 2 is 1.92 bits per heavy atom. The number of hydrogen-bond donors (Lipinski definition) is 1. The van der Waals surface area contributed by atoms with Gasteiger partial charge in [0, 0.05) is 24.2 Å². The third-order valence-corrected chi connectivity index (χ3v) is 5.73. The van der Waals surface area contributed by atoms with Crippen LogP contribution >= 0.6 is 0 Å². The molecule has 3 atom stereocenters. The number of carbonyl (C=O) groups excluding carboxylic acids is 1. The Kier molecular flexibility index (Phi) is 5.71. The Hall–Kier alpha value is -1.91. The number of methoxy groups -OCH3 is 2. The summed E-state index contributed by atoms with van der Waals surface area (Å²) in [5, 5.41) is 3.29. The van der Waals surface area contributed by atoms with Crippen LogP contribution in [0.5, 0.6) is 11.5 Å². The molecule has 0 unspecified atom stereocenters. The summed E-state index contributed by atoms with van der Waals surface area (Å²) in [6.07, 6.45) is 6.79. The van der Waals surface area contributed by atoms with Crippen molar-refractivity contribution in [2.24, 2.45) is 5.92 Å². The van der Waals surface area contributed by atoms with Crippen molar-refractivity contribution in [1.82, 2.24) is 10.2 Å². The molecule has 1 N–H and O–H groups in total. The predicted molar refractivity (Wildman–Crippen MR) is 98.2 cm³/mol. The van der Waals surface area contributed by atoms with E-state index in [1.165, 1.54) is 19.3 Å². The Morgan fingerprint density at radius 1 is 1.12 bits per heavy atom. The van der Waals surface area contributed by atoms with Crippen LogP contribution in [0.1, 0.15) is 57.1 Å². The van der Waals surface area contributed by atoms with E-state index in [9.17, 15) is 4.79 Å². The van der Waals surface area contributed by atoms with Crippen LogP contribution < -0.4 is 14.8 Å². The molecule has 2 aliphatic rings. The van der Waals surface area contributed by atoms with Gasteiger partial charge in [-0.25, -0.2) is 4.79 Å². The summed E-state index contributed by atoms with van der Waals surface area (Å²) in [6.45, 7) is 3.05. The fourth-order valence-electron chi connectivity index (χ4n) is 4.20. The molecule has 1 heterocycles. The van der Waals surface area contributed by atoms with Crippen molar-refractivity contribution in [3.05, 3.63) is 23.8 Å². The summed E-state index contributed by atoms with van der Waals surface area (Å²) in [7, 11) is 3.32. The second-order valence-corrected chi connectivity index (χ2v) is 7.28. The van der Waals surface area contributed by atoms with Crippen molar-refractivity contribution in [2.45, 2.75) is 57.5 Å². The van der Waals surface area contributed by atoms with Gasteiger partial charge in [-0.3, -0.25) is 0 Å². The fraction of sp³-hybridized carbons (Fsp3) is 0.650. The lowest BCUT2D eigenvalue weighted by atomic mass is 9.86. The van der Waals surface area contributed by atoms with Crippen molar-refractivity contribution < 1.29 is 14.3 Å². The Morgan fingerprint density at radius 3 is 2.64 bits per heavy atom. The number of ether oxygens (including phenoxy) is 2. The molecule has 0 spiro atoms. The van der Waals surface area contributed by atoms with Gasteiger partial charge in [0.25, 0.3) is 0 Å². The number of urea groups is 1. The highest BCUT2D eigenvalue weighted by Gasteiger charge is 2.34. The molecule has 1 aliphatic heterocycles. The van der Waals surface area contributed by atoms with E-state index in [0.717, 1.165) is 42.9 Å². The summed E-state index contributed by atoms with van der Waals surface area (Å²) in [5.41, 5.74) is 1.06. The highest BCUT2D eigenvalue weighted by Crippen LogP contribution is 2.38. The summed E-state index contributed by atoms with van der Waals surface area (Å²) in [4.78, 5) is 14.9. The molecule has 3 rings (SSSR count). The lowest BCUT2D eigenvalue weighted by molar-refractivity contribution is 0.177. The van der Waals surface area contributed by atoms with Crippen LogP contribution in [0.2, 0.25) is 0 Å². The zero-order valence-corrected chi connectivity index (χ0v) is 15.6. The highest BCUT2D eigenvalue weighted by molar-refractivity contribution is 5.75. The molecule has 138 valence electrons. The Bertz CT molecular complexity index is 605. The second-order valence-electron chi connectivity index (χ2n) is 7.28. The van der Waals surface area contributed by atoms with Crippen LogP contribution in [0, 0.1) is 5.92 Å². The van der Waals surface area contributed by atoms with E-state index in [2.05, 4.69) is 12.2 Å². The Balaban J connectivity index is 1.75. The van der Waals surface area contributed by atoms with Crippen molar-refractivity contribution in [3.63, 3.8) is 0 Å². The first-order valence-electron chi connectivity index (χ1n) is 9.43. The average Bonchev–Trinajstić information content (AvgIpc) is 3.12. The first-order chi connectivity index (χ1) is 12.1. The lowest BCUT2D eigenvalue weighted by Gasteiger charge is -2.33. The van der Waals surface area contributed by atoms with E-state index >= 15 is 0 Å². The molecule has 1 aromatic rings. The molecule has 5 nitrogen and oxygen atoms in total.